The highest BCUT2D eigenvalue weighted by Gasteiger charge is 2.77. The van der Waals surface area contributed by atoms with E-state index in [0.717, 1.165) is 12.0 Å². The zero-order chi connectivity index (χ0) is 28.7. The molecule has 3 aliphatic heterocycles. The van der Waals surface area contributed by atoms with Gasteiger partial charge in [0.1, 0.15) is 6.04 Å². The minimum absolute atomic E-state index is 0.0473. The van der Waals surface area contributed by atoms with Crippen LogP contribution >= 0.6 is 11.8 Å². The summed E-state index contributed by atoms with van der Waals surface area (Å²) in [6.07, 6.45) is 4.19. The molecule has 2 bridgehead atoms. The summed E-state index contributed by atoms with van der Waals surface area (Å²) >= 11 is 1.66. The molecule has 1 aromatic rings. The Bertz CT molecular complexity index is 1120. The number of nitrogens with zero attached hydrogens (tertiary/aromatic N) is 3. The van der Waals surface area contributed by atoms with E-state index < -0.39 is 34.2 Å². The number of hydrogen-bond donors (Lipinski definition) is 1. The van der Waals surface area contributed by atoms with Gasteiger partial charge in [0.05, 0.1) is 29.2 Å². The SMILES string of the molecule is C=CCN(Cc1ccccc1)C(=O)[C@@H]1[C@@H]2CC(C)C3(S2)C(C(=O)N(CC=C)C(C)(C)C)N([C@H](C)CO)C(=O)[C@H]13. The Morgan fingerprint density at radius 3 is 2.38 bits per heavy atom. The van der Waals surface area contributed by atoms with Crippen molar-refractivity contribution in [1.29, 1.82) is 0 Å². The molecule has 0 saturated carbocycles. The van der Waals surface area contributed by atoms with Gasteiger partial charge in [0.15, 0.2) is 0 Å². The number of likely N-dealkylation sites (tertiary alicyclic amines) is 1. The molecule has 1 aromatic carbocycles. The van der Waals surface area contributed by atoms with E-state index in [-0.39, 0.29) is 35.5 Å². The lowest BCUT2D eigenvalue weighted by Gasteiger charge is -2.45. The van der Waals surface area contributed by atoms with E-state index in [1.54, 1.807) is 45.5 Å². The van der Waals surface area contributed by atoms with E-state index in [1.165, 1.54) is 0 Å². The standard InChI is InChI=1S/C31H43N3O4S/c1-8-15-32(18-22-13-11-10-12-14-22)27(36)24-23-17-20(3)31(39-23)25(24)28(37)34(21(4)19-35)26(31)29(38)33(16-9-2)30(5,6)7/h8-14,20-21,23-26,35H,1-2,15-19H2,3-7H3/t20?,21-,23+,24-,25+,26?,31?/m1/s1. The average molecular weight is 554 g/mol. The zero-order valence-electron chi connectivity index (χ0n) is 23.9. The summed E-state index contributed by atoms with van der Waals surface area (Å²) in [6, 6.07) is 8.51. The van der Waals surface area contributed by atoms with Gasteiger partial charge in [-0.2, -0.15) is 0 Å². The number of hydrogen-bond acceptors (Lipinski definition) is 5. The molecular weight excluding hydrogens is 510 g/mol. The summed E-state index contributed by atoms with van der Waals surface area (Å²) in [5.41, 5.74) is 0.519. The molecule has 3 heterocycles. The number of amides is 3. The smallest absolute Gasteiger partial charge is 0.247 e. The van der Waals surface area contributed by atoms with Crippen molar-refractivity contribution in [2.45, 2.75) is 75.2 Å². The third kappa shape index (κ3) is 4.84. The largest absolute Gasteiger partial charge is 0.394 e. The van der Waals surface area contributed by atoms with Crippen LogP contribution < -0.4 is 0 Å². The molecule has 3 saturated heterocycles. The first-order valence-electron chi connectivity index (χ1n) is 13.9. The Kier molecular flexibility index (Phi) is 8.39. The van der Waals surface area contributed by atoms with Crippen molar-refractivity contribution in [3.63, 3.8) is 0 Å². The first-order valence-corrected chi connectivity index (χ1v) is 14.8. The Morgan fingerprint density at radius 2 is 1.82 bits per heavy atom. The molecule has 3 fully saturated rings. The van der Waals surface area contributed by atoms with E-state index in [4.69, 9.17) is 0 Å². The number of carbonyl (C=O) groups is 3. The van der Waals surface area contributed by atoms with E-state index in [2.05, 4.69) is 20.1 Å². The molecule has 8 heteroatoms. The number of aliphatic hydroxyl groups excluding tert-OH is 1. The van der Waals surface area contributed by atoms with Gasteiger partial charge in [-0.3, -0.25) is 14.4 Å². The highest BCUT2D eigenvalue weighted by molar-refractivity contribution is 8.02. The fraction of sp³-hybridized carbons (Fsp3) is 0.581. The zero-order valence-corrected chi connectivity index (χ0v) is 24.7. The molecule has 1 N–H and O–H groups in total. The average Bonchev–Trinajstić information content (AvgIpc) is 3.49. The van der Waals surface area contributed by atoms with Crippen LogP contribution in [0.5, 0.6) is 0 Å². The van der Waals surface area contributed by atoms with Gasteiger partial charge in [0, 0.05) is 30.4 Å². The van der Waals surface area contributed by atoms with Crippen LogP contribution in [-0.4, -0.2) is 84.8 Å². The van der Waals surface area contributed by atoms with Crippen molar-refractivity contribution in [3.05, 3.63) is 61.2 Å². The van der Waals surface area contributed by atoms with Gasteiger partial charge >= 0.3 is 0 Å². The second-order valence-electron chi connectivity index (χ2n) is 12.2. The van der Waals surface area contributed by atoms with Crippen molar-refractivity contribution in [1.82, 2.24) is 14.7 Å². The van der Waals surface area contributed by atoms with Crippen LogP contribution in [0.4, 0.5) is 0 Å². The highest BCUT2D eigenvalue weighted by atomic mass is 32.2. The number of aliphatic hydroxyl groups is 1. The molecular formula is C31H43N3O4S. The normalized spacial score (nSPS) is 30.2. The van der Waals surface area contributed by atoms with E-state index in [9.17, 15) is 19.5 Å². The molecule has 212 valence electrons. The van der Waals surface area contributed by atoms with Crippen LogP contribution in [-0.2, 0) is 20.9 Å². The van der Waals surface area contributed by atoms with E-state index in [0.29, 0.717) is 19.6 Å². The van der Waals surface area contributed by atoms with Gasteiger partial charge in [-0.05, 0) is 45.6 Å². The van der Waals surface area contributed by atoms with Crippen molar-refractivity contribution in [3.8, 4) is 0 Å². The second-order valence-corrected chi connectivity index (χ2v) is 13.8. The molecule has 3 unspecified atom stereocenters. The number of rotatable bonds is 10. The van der Waals surface area contributed by atoms with Gasteiger partial charge < -0.3 is 19.8 Å². The number of fused-ring (bicyclic) bond motifs is 1. The molecule has 0 aliphatic carbocycles. The van der Waals surface area contributed by atoms with Crippen LogP contribution in [0.3, 0.4) is 0 Å². The Labute approximate surface area is 237 Å². The minimum Gasteiger partial charge on any atom is -0.394 e. The van der Waals surface area contributed by atoms with Crippen LogP contribution in [0.2, 0.25) is 0 Å². The van der Waals surface area contributed by atoms with Gasteiger partial charge in [-0.1, -0.05) is 49.4 Å². The van der Waals surface area contributed by atoms with Gasteiger partial charge in [0.25, 0.3) is 0 Å². The summed E-state index contributed by atoms with van der Waals surface area (Å²) < 4.78 is -0.736. The van der Waals surface area contributed by atoms with Gasteiger partial charge in [-0.15, -0.1) is 24.9 Å². The van der Waals surface area contributed by atoms with Crippen LogP contribution in [0, 0.1) is 17.8 Å². The second kappa shape index (κ2) is 11.1. The van der Waals surface area contributed by atoms with Crippen molar-refractivity contribution >= 4 is 29.5 Å². The fourth-order valence-electron chi connectivity index (χ4n) is 6.96. The number of thioether (sulfide) groups is 1. The first kappa shape index (κ1) is 29.4. The summed E-state index contributed by atoms with van der Waals surface area (Å²) in [4.78, 5) is 48.2. The van der Waals surface area contributed by atoms with Gasteiger partial charge in [-0.25, -0.2) is 0 Å². The van der Waals surface area contributed by atoms with Crippen molar-refractivity contribution < 1.29 is 19.5 Å². The molecule has 0 radical (unpaired) electrons. The van der Waals surface area contributed by atoms with Gasteiger partial charge in [0.2, 0.25) is 17.7 Å². The lowest BCUT2D eigenvalue weighted by molar-refractivity contribution is -0.148. The van der Waals surface area contributed by atoms with Crippen LogP contribution in [0.25, 0.3) is 0 Å². The summed E-state index contributed by atoms with van der Waals surface area (Å²) in [6.45, 7) is 18.5. The fourth-order valence-corrected chi connectivity index (χ4v) is 9.35. The molecule has 7 nitrogen and oxygen atoms in total. The maximum absolute atomic E-state index is 14.5. The molecule has 39 heavy (non-hydrogen) atoms. The van der Waals surface area contributed by atoms with Crippen LogP contribution in [0.15, 0.2) is 55.6 Å². The molecule has 7 atom stereocenters. The minimum atomic E-state index is -0.763. The Balaban J connectivity index is 1.78. The Morgan fingerprint density at radius 1 is 1.18 bits per heavy atom. The van der Waals surface area contributed by atoms with Crippen molar-refractivity contribution in [2.24, 2.45) is 17.8 Å². The van der Waals surface area contributed by atoms with Crippen molar-refractivity contribution in [2.75, 3.05) is 19.7 Å². The maximum atomic E-state index is 14.5. The number of benzene rings is 1. The topological polar surface area (TPSA) is 81.2 Å². The van der Waals surface area contributed by atoms with Crippen LogP contribution in [0.1, 0.15) is 46.6 Å². The third-order valence-electron chi connectivity index (χ3n) is 8.71. The monoisotopic (exact) mass is 553 g/mol. The molecule has 3 aliphatic rings. The summed E-state index contributed by atoms with van der Waals surface area (Å²) in [5.74, 6) is -1.49. The first-order chi connectivity index (χ1) is 18.4. The molecule has 4 rings (SSSR count). The number of carbonyl (C=O) groups excluding carboxylic acids is 3. The highest BCUT2D eigenvalue weighted by Crippen LogP contribution is 2.69. The quantitative estimate of drug-likeness (QED) is 0.447. The molecule has 1 spiro atoms. The molecule has 3 amide bonds. The third-order valence-corrected chi connectivity index (χ3v) is 10.8. The van der Waals surface area contributed by atoms with E-state index >= 15 is 0 Å². The summed E-state index contributed by atoms with van der Waals surface area (Å²) in [7, 11) is 0. The maximum Gasteiger partial charge on any atom is 0.247 e. The van der Waals surface area contributed by atoms with E-state index in [1.807, 2.05) is 51.1 Å². The Hall–Kier alpha value is -2.58. The predicted molar refractivity (Wildman–Crippen MR) is 156 cm³/mol. The molecule has 0 aromatic heterocycles. The lowest BCUT2D eigenvalue weighted by Crippen LogP contribution is -2.61. The predicted octanol–water partition coefficient (Wildman–Crippen LogP) is 3.73. The summed E-state index contributed by atoms with van der Waals surface area (Å²) in [5, 5.41) is 10.1. The lowest BCUT2D eigenvalue weighted by atomic mass is 9.65.